The van der Waals surface area contributed by atoms with Crippen molar-refractivity contribution in [2.24, 2.45) is 18.9 Å². The molecule has 5 heterocycles. The molecular formula is C22H31N5O3. The highest BCUT2D eigenvalue weighted by molar-refractivity contribution is 5.93. The Kier molecular flexibility index (Phi) is 4.95. The number of fused-ring (bicyclic) bond motifs is 4. The van der Waals surface area contributed by atoms with Crippen LogP contribution in [-0.2, 0) is 11.8 Å². The van der Waals surface area contributed by atoms with Crippen molar-refractivity contribution >= 4 is 17.8 Å². The summed E-state index contributed by atoms with van der Waals surface area (Å²) in [6, 6.07) is 4.14. The quantitative estimate of drug-likeness (QED) is 0.696. The molecule has 1 aromatic rings. The summed E-state index contributed by atoms with van der Waals surface area (Å²) in [6.45, 7) is 4.61. The summed E-state index contributed by atoms with van der Waals surface area (Å²) in [7, 11) is 1.88. The number of piperazine rings is 1. The fourth-order valence-electron chi connectivity index (χ4n) is 5.91. The molecule has 4 aliphatic heterocycles. The predicted octanol–water partition coefficient (Wildman–Crippen LogP) is 1.24. The molecular weight excluding hydrogens is 382 g/mol. The molecule has 2 bridgehead atoms. The number of amides is 4. The Hall–Kier alpha value is -2.51. The van der Waals surface area contributed by atoms with Gasteiger partial charge in [-0.25, -0.2) is 4.79 Å². The zero-order valence-corrected chi connectivity index (χ0v) is 17.7. The molecule has 162 valence electrons. The molecule has 8 heteroatoms. The third-order valence-corrected chi connectivity index (χ3v) is 7.45. The number of aromatic nitrogens is 1. The van der Waals surface area contributed by atoms with E-state index in [1.807, 2.05) is 44.6 Å². The van der Waals surface area contributed by atoms with Gasteiger partial charge in [-0.1, -0.05) is 0 Å². The second kappa shape index (κ2) is 7.63. The third kappa shape index (κ3) is 3.36. The summed E-state index contributed by atoms with van der Waals surface area (Å²) in [6.07, 6.45) is 5.75. The van der Waals surface area contributed by atoms with Crippen molar-refractivity contribution in [1.29, 1.82) is 0 Å². The molecule has 4 saturated heterocycles. The average molecular weight is 414 g/mol. The van der Waals surface area contributed by atoms with Gasteiger partial charge in [0.15, 0.2) is 0 Å². The molecule has 0 radical (unpaired) electrons. The van der Waals surface area contributed by atoms with Gasteiger partial charge in [0, 0.05) is 71.5 Å². The summed E-state index contributed by atoms with van der Waals surface area (Å²) in [5, 5.41) is 0. The zero-order chi connectivity index (χ0) is 20.8. The molecule has 4 fully saturated rings. The van der Waals surface area contributed by atoms with E-state index >= 15 is 0 Å². The maximum atomic E-state index is 13.2. The minimum absolute atomic E-state index is 0.0316. The first-order valence-electron chi connectivity index (χ1n) is 11.2. The van der Waals surface area contributed by atoms with Crippen LogP contribution in [0.25, 0.3) is 0 Å². The minimum atomic E-state index is 0.0316. The molecule has 8 nitrogen and oxygen atoms in total. The van der Waals surface area contributed by atoms with Gasteiger partial charge < -0.3 is 24.2 Å². The van der Waals surface area contributed by atoms with Gasteiger partial charge >= 0.3 is 6.03 Å². The Balaban J connectivity index is 1.19. The molecule has 0 spiro atoms. The van der Waals surface area contributed by atoms with Crippen molar-refractivity contribution in [3.8, 4) is 0 Å². The van der Waals surface area contributed by atoms with Crippen LogP contribution in [0.1, 0.15) is 36.2 Å². The number of rotatable bonds is 1. The molecule has 0 N–H and O–H groups in total. The van der Waals surface area contributed by atoms with E-state index in [9.17, 15) is 14.4 Å². The van der Waals surface area contributed by atoms with Crippen molar-refractivity contribution in [2.45, 2.75) is 31.7 Å². The Labute approximate surface area is 177 Å². The van der Waals surface area contributed by atoms with Crippen molar-refractivity contribution in [3.05, 3.63) is 24.0 Å². The number of nitrogens with zero attached hydrogens (tertiary/aromatic N) is 5. The second-order valence-electron chi connectivity index (χ2n) is 9.34. The zero-order valence-electron chi connectivity index (χ0n) is 17.7. The highest BCUT2D eigenvalue weighted by Crippen LogP contribution is 2.38. The first-order valence-corrected chi connectivity index (χ1v) is 11.2. The minimum Gasteiger partial charge on any atom is -0.347 e. The van der Waals surface area contributed by atoms with Crippen LogP contribution in [0.4, 0.5) is 4.79 Å². The molecule has 4 aliphatic rings. The molecule has 4 amide bonds. The van der Waals surface area contributed by atoms with E-state index < -0.39 is 0 Å². The first kappa shape index (κ1) is 19.5. The van der Waals surface area contributed by atoms with E-state index in [0.717, 1.165) is 38.9 Å². The Morgan fingerprint density at radius 1 is 1.00 bits per heavy atom. The van der Waals surface area contributed by atoms with E-state index in [4.69, 9.17) is 0 Å². The van der Waals surface area contributed by atoms with Crippen molar-refractivity contribution in [2.75, 3.05) is 45.8 Å². The lowest BCUT2D eigenvalue weighted by Crippen LogP contribution is -2.63. The molecule has 0 aliphatic carbocycles. The number of hydrogen-bond acceptors (Lipinski definition) is 3. The number of aryl methyl sites for hydroxylation is 1. The number of piperidine rings is 3. The maximum absolute atomic E-state index is 13.2. The number of hydrogen-bond donors (Lipinski definition) is 0. The van der Waals surface area contributed by atoms with Gasteiger partial charge in [-0.05, 0) is 43.2 Å². The molecule has 1 aromatic heterocycles. The van der Waals surface area contributed by atoms with E-state index in [0.29, 0.717) is 62.1 Å². The van der Waals surface area contributed by atoms with Crippen molar-refractivity contribution < 1.29 is 14.4 Å². The maximum Gasteiger partial charge on any atom is 0.320 e. The van der Waals surface area contributed by atoms with Crippen molar-refractivity contribution in [1.82, 2.24) is 24.2 Å². The van der Waals surface area contributed by atoms with E-state index in [-0.39, 0.29) is 11.9 Å². The Bertz CT molecular complexity index is 844. The van der Waals surface area contributed by atoms with Crippen LogP contribution >= 0.6 is 0 Å². The summed E-state index contributed by atoms with van der Waals surface area (Å²) in [5.74, 6) is 1.14. The van der Waals surface area contributed by atoms with Gasteiger partial charge in [0.1, 0.15) is 5.69 Å². The average Bonchev–Trinajstić information content (AvgIpc) is 3.19. The third-order valence-electron chi connectivity index (χ3n) is 7.45. The van der Waals surface area contributed by atoms with E-state index in [1.54, 1.807) is 0 Å². The molecule has 2 unspecified atom stereocenters. The summed E-state index contributed by atoms with van der Waals surface area (Å²) in [4.78, 5) is 46.1. The molecule has 3 atom stereocenters. The molecule has 5 rings (SSSR count). The topological polar surface area (TPSA) is 69.1 Å². The highest BCUT2D eigenvalue weighted by atomic mass is 16.2. The second-order valence-corrected chi connectivity index (χ2v) is 9.34. The fraction of sp³-hybridized carbons (Fsp3) is 0.682. The number of urea groups is 1. The van der Waals surface area contributed by atoms with Gasteiger partial charge in [0.05, 0.1) is 0 Å². The molecule has 0 aromatic carbocycles. The monoisotopic (exact) mass is 413 g/mol. The van der Waals surface area contributed by atoms with Gasteiger partial charge in [-0.3, -0.25) is 9.59 Å². The van der Waals surface area contributed by atoms with Crippen molar-refractivity contribution in [3.63, 3.8) is 0 Å². The lowest BCUT2D eigenvalue weighted by Gasteiger charge is -2.53. The lowest BCUT2D eigenvalue weighted by atomic mass is 9.76. The van der Waals surface area contributed by atoms with E-state index in [1.165, 1.54) is 0 Å². The Morgan fingerprint density at radius 2 is 1.77 bits per heavy atom. The Morgan fingerprint density at radius 3 is 2.50 bits per heavy atom. The summed E-state index contributed by atoms with van der Waals surface area (Å²) >= 11 is 0. The smallest absolute Gasteiger partial charge is 0.320 e. The van der Waals surface area contributed by atoms with Gasteiger partial charge in [0.2, 0.25) is 5.91 Å². The van der Waals surface area contributed by atoms with Gasteiger partial charge in [-0.15, -0.1) is 0 Å². The van der Waals surface area contributed by atoms with Crippen LogP contribution in [0.15, 0.2) is 18.3 Å². The highest BCUT2D eigenvalue weighted by Gasteiger charge is 2.45. The van der Waals surface area contributed by atoms with Crippen LogP contribution in [0.3, 0.4) is 0 Å². The SMILES string of the molecule is Cn1cccc1C(=O)N1CCN(C(=O)N2CC3CC(C2)[C@H]2CCCC(=O)N2C3)CC1. The van der Waals surface area contributed by atoms with Crippen LogP contribution in [0.5, 0.6) is 0 Å². The van der Waals surface area contributed by atoms with Gasteiger partial charge in [0.25, 0.3) is 5.91 Å². The standard InChI is InChI=1S/C22H31N5O3/c1-23-7-3-5-19(23)21(29)24-8-10-25(11-9-24)22(30)26-13-16-12-17(15-26)18-4-2-6-20(28)27(18)14-16/h3,5,7,16-18H,2,4,6,8-15H2,1H3/t16?,17?,18-/m1/s1. The molecule has 0 saturated carbocycles. The van der Waals surface area contributed by atoms with Crippen LogP contribution in [0, 0.1) is 11.8 Å². The largest absolute Gasteiger partial charge is 0.347 e. The fourth-order valence-corrected chi connectivity index (χ4v) is 5.91. The number of carbonyl (C=O) groups excluding carboxylic acids is 3. The van der Waals surface area contributed by atoms with Crippen LogP contribution in [0.2, 0.25) is 0 Å². The number of carbonyl (C=O) groups is 3. The summed E-state index contributed by atoms with van der Waals surface area (Å²) in [5.41, 5.74) is 0.685. The van der Waals surface area contributed by atoms with Gasteiger partial charge in [-0.2, -0.15) is 0 Å². The van der Waals surface area contributed by atoms with Crippen LogP contribution < -0.4 is 0 Å². The molecule has 30 heavy (non-hydrogen) atoms. The summed E-state index contributed by atoms with van der Waals surface area (Å²) < 4.78 is 1.84. The normalized spacial score (nSPS) is 29.1. The lowest BCUT2D eigenvalue weighted by molar-refractivity contribution is -0.144. The van der Waals surface area contributed by atoms with Crippen LogP contribution in [-0.4, -0.2) is 93.9 Å². The first-order chi connectivity index (χ1) is 14.5. The van der Waals surface area contributed by atoms with E-state index in [2.05, 4.69) is 4.90 Å². The number of likely N-dealkylation sites (tertiary alicyclic amines) is 1. The predicted molar refractivity (Wildman–Crippen MR) is 111 cm³/mol.